The van der Waals surface area contributed by atoms with Crippen molar-refractivity contribution in [2.24, 2.45) is 5.92 Å². The number of piperidine rings is 1. The van der Waals surface area contributed by atoms with Crippen molar-refractivity contribution in [3.8, 4) is 0 Å². The number of hydrogen-bond acceptors (Lipinski definition) is 8. The van der Waals surface area contributed by atoms with Crippen molar-refractivity contribution >= 4 is 61.6 Å². The van der Waals surface area contributed by atoms with Crippen LogP contribution in [0.1, 0.15) is 37.3 Å². The maximum absolute atomic E-state index is 13.6. The van der Waals surface area contributed by atoms with E-state index < -0.39 is 15.9 Å². The summed E-state index contributed by atoms with van der Waals surface area (Å²) in [5, 5.41) is 0. The lowest BCUT2D eigenvalue weighted by Crippen LogP contribution is -2.39. The minimum Gasteiger partial charge on any atom is -0.356 e. The van der Waals surface area contributed by atoms with Gasteiger partial charge in [-0.1, -0.05) is 37.0 Å². The Balaban J connectivity index is 1.60. The number of hydrogen-bond donors (Lipinski definition) is 0. The first-order valence-electron chi connectivity index (χ1n) is 11.4. The van der Waals surface area contributed by atoms with E-state index in [1.54, 1.807) is 18.3 Å². The van der Waals surface area contributed by atoms with Gasteiger partial charge in [0.1, 0.15) is 15.8 Å². The van der Waals surface area contributed by atoms with Crippen LogP contribution in [0.3, 0.4) is 0 Å². The van der Waals surface area contributed by atoms with Crippen LogP contribution in [0.2, 0.25) is 0 Å². The second kappa shape index (κ2) is 8.76. The zero-order chi connectivity index (χ0) is 24.2. The maximum Gasteiger partial charge on any atom is 0.267 e. The van der Waals surface area contributed by atoms with E-state index in [9.17, 15) is 18.0 Å². The molecule has 3 aliphatic heterocycles. The third-order valence-corrected chi connectivity index (χ3v) is 9.90. The lowest BCUT2D eigenvalue weighted by molar-refractivity contribution is -0.123. The number of carbonyl (C=O) groups excluding carboxylic acids is 1. The Bertz CT molecular complexity index is 1390. The monoisotopic (exact) mass is 518 g/mol. The maximum atomic E-state index is 13.6. The van der Waals surface area contributed by atoms with Gasteiger partial charge < -0.3 is 4.90 Å². The molecule has 5 rings (SSSR count). The fourth-order valence-electron chi connectivity index (χ4n) is 4.79. The number of fused-ring (bicyclic) bond motifs is 1. The summed E-state index contributed by atoms with van der Waals surface area (Å²) in [6.45, 7) is 5.72. The number of aromatic nitrogens is 2. The molecule has 0 N–H and O–H groups in total. The average Bonchev–Trinajstić information content (AvgIpc) is 3.28. The molecular formula is C23H26N4O4S3. The molecule has 2 aromatic heterocycles. The summed E-state index contributed by atoms with van der Waals surface area (Å²) in [7, 11) is -3.17. The van der Waals surface area contributed by atoms with Gasteiger partial charge in [0, 0.05) is 19.3 Å². The number of amides is 1. The number of nitrogens with zero attached hydrogens (tertiary/aromatic N) is 4. The van der Waals surface area contributed by atoms with Gasteiger partial charge in [-0.2, -0.15) is 0 Å². The van der Waals surface area contributed by atoms with Crippen LogP contribution in [0.5, 0.6) is 0 Å². The normalized spacial score (nSPS) is 24.6. The highest BCUT2D eigenvalue weighted by atomic mass is 32.2. The number of anilines is 1. The number of sulfone groups is 1. The second-order valence-electron chi connectivity index (χ2n) is 9.32. The summed E-state index contributed by atoms with van der Waals surface area (Å²) >= 11 is 6.56. The van der Waals surface area contributed by atoms with Crippen LogP contribution >= 0.6 is 24.0 Å². The van der Waals surface area contributed by atoms with Crippen molar-refractivity contribution in [3.63, 3.8) is 0 Å². The number of aryl methyl sites for hydroxylation is 1. The zero-order valence-corrected chi connectivity index (χ0v) is 21.5. The highest BCUT2D eigenvalue weighted by molar-refractivity contribution is 8.26. The van der Waals surface area contributed by atoms with Gasteiger partial charge in [0.2, 0.25) is 0 Å². The third kappa shape index (κ3) is 4.18. The van der Waals surface area contributed by atoms with Gasteiger partial charge in [0.25, 0.3) is 11.5 Å². The van der Waals surface area contributed by atoms with E-state index in [2.05, 4.69) is 11.8 Å². The van der Waals surface area contributed by atoms with Crippen molar-refractivity contribution in [2.75, 3.05) is 29.5 Å². The molecule has 0 aromatic carbocycles. The smallest absolute Gasteiger partial charge is 0.267 e. The van der Waals surface area contributed by atoms with Crippen LogP contribution in [-0.4, -0.2) is 63.6 Å². The lowest BCUT2D eigenvalue weighted by atomic mass is 9.99. The molecule has 0 saturated carbocycles. The molecule has 0 spiro atoms. The van der Waals surface area contributed by atoms with E-state index in [1.807, 2.05) is 13.0 Å². The molecule has 2 aromatic rings. The van der Waals surface area contributed by atoms with Crippen molar-refractivity contribution in [3.05, 3.63) is 44.7 Å². The fourth-order valence-corrected chi connectivity index (χ4v) is 7.87. The Morgan fingerprint density at radius 1 is 1.21 bits per heavy atom. The average molecular weight is 519 g/mol. The van der Waals surface area contributed by atoms with E-state index in [0.717, 1.165) is 43.3 Å². The molecule has 1 atom stereocenters. The Hall–Kier alpha value is -2.24. The highest BCUT2D eigenvalue weighted by Gasteiger charge is 2.42. The highest BCUT2D eigenvalue weighted by Crippen LogP contribution is 2.37. The molecule has 3 aliphatic rings. The third-order valence-electron chi connectivity index (χ3n) is 6.82. The molecule has 34 heavy (non-hydrogen) atoms. The molecule has 180 valence electrons. The van der Waals surface area contributed by atoms with Gasteiger partial charge in [-0.15, -0.1) is 0 Å². The fraction of sp³-hybridized carbons (Fsp3) is 0.478. The predicted octanol–water partition coefficient (Wildman–Crippen LogP) is 2.63. The summed E-state index contributed by atoms with van der Waals surface area (Å²) < 4.78 is 25.8. The predicted molar refractivity (Wildman–Crippen MR) is 139 cm³/mol. The Kier molecular flexibility index (Phi) is 6.06. The van der Waals surface area contributed by atoms with E-state index in [4.69, 9.17) is 17.2 Å². The van der Waals surface area contributed by atoms with Gasteiger partial charge in [-0.05, 0) is 49.8 Å². The van der Waals surface area contributed by atoms with E-state index in [0.29, 0.717) is 38.6 Å². The van der Waals surface area contributed by atoms with Crippen molar-refractivity contribution in [2.45, 2.75) is 39.2 Å². The van der Waals surface area contributed by atoms with Gasteiger partial charge in [-0.3, -0.25) is 18.9 Å². The number of thioether (sulfide) groups is 1. The quantitative estimate of drug-likeness (QED) is 0.452. The molecule has 1 amide bonds. The van der Waals surface area contributed by atoms with E-state index in [1.165, 1.54) is 9.30 Å². The molecule has 3 fully saturated rings. The first-order chi connectivity index (χ1) is 16.1. The second-order valence-corrected chi connectivity index (χ2v) is 13.2. The molecule has 0 bridgehead atoms. The number of rotatable bonds is 3. The molecule has 8 nitrogen and oxygen atoms in total. The van der Waals surface area contributed by atoms with E-state index >= 15 is 0 Å². The Morgan fingerprint density at radius 3 is 2.62 bits per heavy atom. The van der Waals surface area contributed by atoms with Gasteiger partial charge in [0.05, 0.1) is 28.0 Å². The number of thiocarbonyl (C=S) groups is 1. The zero-order valence-electron chi connectivity index (χ0n) is 19.1. The van der Waals surface area contributed by atoms with E-state index in [-0.39, 0.29) is 23.0 Å². The molecule has 5 heterocycles. The molecule has 1 unspecified atom stereocenters. The summed E-state index contributed by atoms with van der Waals surface area (Å²) in [6.07, 6.45) is 5.67. The Morgan fingerprint density at radius 2 is 1.94 bits per heavy atom. The topological polar surface area (TPSA) is 92.1 Å². The molecule has 0 radical (unpaired) electrons. The summed E-state index contributed by atoms with van der Waals surface area (Å²) in [6, 6.07) is 3.27. The molecule has 11 heteroatoms. The minimum atomic E-state index is -3.17. The van der Waals surface area contributed by atoms with Crippen LogP contribution in [-0.2, 0) is 14.6 Å². The molecule has 0 aliphatic carbocycles. The van der Waals surface area contributed by atoms with Crippen LogP contribution in [0, 0.1) is 12.8 Å². The Labute approximate surface area is 207 Å². The van der Waals surface area contributed by atoms with Gasteiger partial charge in [-0.25, -0.2) is 13.4 Å². The first-order valence-corrected chi connectivity index (χ1v) is 14.4. The SMILES string of the molecule is Cc1cccn2c(=O)c(C=C3SC(=S)N(C4CCS(=O)(=O)C4)C3=O)c(N3CCC(C)CC3)nc12. The van der Waals surface area contributed by atoms with Crippen molar-refractivity contribution < 1.29 is 13.2 Å². The standard InChI is InChI=1S/C23H26N4O4S3/c1-14-5-9-25(10-6-14)20-17(21(28)26-8-3-4-15(2)19(26)24-20)12-18-22(29)27(23(32)33-18)16-7-11-34(30,31)13-16/h3-4,8,12,14,16H,5-7,9-11,13H2,1-2H3. The number of carbonyl (C=O) groups is 1. The minimum absolute atomic E-state index is 0.0561. The van der Waals surface area contributed by atoms with Crippen LogP contribution in [0.25, 0.3) is 11.7 Å². The summed E-state index contributed by atoms with van der Waals surface area (Å²) in [4.78, 5) is 35.7. The molecular weight excluding hydrogens is 492 g/mol. The summed E-state index contributed by atoms with van der Waals surface area (Å²) in [5.74, 6) is 0.829. The lowest BCUT2D eigenvalue weighted by Gasteiger charge is -2.32. The van der Waals surface area contributed by atoms with Gasteiger partial charge >= 0.3 is 0 Å². The summed E-state index contributed by atoms with van der Waals surface area (Å²) in [5.41, 5.74) is 1.61. The van der Waals surface area contributed by atoms with Gasteiger partial charge in [0.15, 0.2) is 9.84 Å². The first kappa shape index (κ1) is 23.5. The van der Waals surface area contributed by atoms with Crippen molar-refractivity contribution in [1.82, 2.24) is 14.3 Å². The molecule has 3 saturated heterocycles. The van der Waals surface area contributed by atoms with Crippen LogP contribution in [0.15, 0.2) is 28.0 Å². The van der Waals surface area contributed by atoms with Crippen molar-refractivity contribution in [1.29, 1.82) is 0 Å². The van der Waals surface area contributed by atoms with Crippen LogP contribution < -0.4 is 10.5 Å². The number of pyridine rings is 1. The largest absolute Gasteiger partial charge is 0.356 e. The van der Waals surface area contributed by atoms with Crippen LogP contribution in [0.4, 0.5) is 5.82 Å².